The lowest BCUT2D eigenvalue weighted by Gasteiger charge is -1.87. The highest BCUT2D eigenvalue weighted by molar-refractivity contribution is 5.70. The lowest BCUT2D eigenvalue weighted by molar-refractivity contribution is 0.463. The topological polar surface area (TPSA) is 65.6 Å². The predicted octanol–water partition coefficient (Wildman–Crippen LogP) is 1.75. The van der Waals surface area contributed by atoms with Crippen LogP contribution < -0.4 is 10.9 Å². The van der Waals surface area contributed by atoms with Gasteiger partial charge in [-0.15, -0.1) is 0 Å². The Balaban J connectivity index is 0.000001000. The summed E-state index contributed by atoms with van der Waals surface area (Å²) in [6.45, 7) is 1.49. The first-order valence-corrected chi connectivity index (χ1v) is 3.04. The molecule has 0 radical (unpaired) electrons. The minimum absolute atomic E-state index is 0. The molecule has 0 saturated carbocycles. The standard InChI is InChI=1S/C8H8O2.H3N/c1-7(9)10-8-5-3-2-4-6-8;/h2-6H,1H3;1H3/p+1. The van der Waals surface area contributed by atoms with E-state index in [0.717, 1.165) is 0 Å². The van der Waals surface area contributed by atoms with Crippen LogP contribution in [0.15, 0.2) is 30.3 Å². The molecule has 3 nitrogen and oxygen atoms in total. The van der Waals surface area contributed by atoms with Crippen molar-refractivity contribution in [1.82, 2.24) is 6.15 Å². The van der Waals surface area contributed by atoms with Crippen molar-refractivity contribution in [2.45, 2.75) is 6.92 Å². The number of para-hydroxylation sites is 1. The van der Waals surface area contributed by atoms with Gasteiger partial charge in [0.25, 0.3) is 0 Å². The minimum atomic E-state index is -0.0359. The van der Waals surface area contributed by atoms with E-state index in [1.165, 1.54) is 6.92 Å². The van der Waals surface area contributed by atoms with Crippen molar-refractivity contribution in [3.8, 4) is 5.75 Å². The lowest BCUT2D eigenvalue weighted by atomic mass is 10.3. The monoisotopic (exact) mass is 154 g/mol. The van der Waals surface area contributed by atoms with Gasteiger partial charge in [0.2, 0.25) is 5.75 Å². The van der Waals surface area contributed by atoms with Crippen molar-refractivity contribution in [3.63, 3.8) is 0 Å². The smallest absolute Gasteiger partial charge is 0.344 e. The number of carbonyl (C=O) groups excluding carboxylic acids is 1. The van der Waals surface area contributed by atoms with E-state index in [9.17, 15) is 0 Å². The normalized spacial score (nSPS) is 8.09. The fourth-order valence-electron chi connectivity index (χ4n) is 0.659. The number of ether oxygens (including phenoxy) is 1. The Hall–Kier alpha value is -1.35. The Morgan fingerprint density at radius 1 is 1.27 bits per heavy atom. The molecule has 0 saturated heterocycles. The molecule has 3 heteroatoms. The fourth-order valence-corrected chi connectivity index (χ4v) is 0.659. The summed E-state index contributed by atoms with van der Waals surface area (Å²) in [5, 5.41) is 0. The number of hydrogen-bond acceptors (Lipinski definition) is 2. The van der Waals surface area contributed by atoms with Gasteiger partial charge in [-0.2, -0.15) is 0 Å². The van der Waals surface area contributed by atoms with Crippen LogP contribution in [0.3, 0.4) is 0 Å². The summed E-state index contributed by atoms with van der Waals surface area (Å²) < 4.78 is 4.89. The van der Waals surface area contributed by atoms with E-state index in [-0.39, 0.29) is 12.1 Å². The highest BCUT2D eigenvalue weighted by Gasteiger charge is 2.03. The Kier molecular flexibility index (Phi) is 3.92. The van der Waals surface area contributed by atoms with E-state index in [2.05, 4.69) is 0 Å². The second-order valence-corrected chi connectivity index (χ2v) is 1.93. The van der Waals surface area contributed by atoms with E-state index >= 15 is 0 Å². The zero-order valence-corrected chi connectivity index (χ0v) is 6.45. The molecule has 0 amide bonds. The van der Waals surface area contributed by atoms with Gasteiger partial charge < -0.3 is 10.9 Å². The van der Waals surface area contributed by atoms with Gasteiger partial charge in [-0.25, -0.2) is 0 Å². The van der Waals surface area contributed by atoms with Gasteiger partial charge in [-0.05, 0) is 0 Å². The van der Waals surface area contributed by atoms with Crippen LogP contribution in [0.4, 0.5) is 0 Å². The second-order valence-electron chi connectivity index (χ2n) is 1.93. The Morgan fingerprint density at radius 3 is 2.27 bits per heavy atom. The van der Waals surface area contributed by atoms with E-state index in [1.807, 2.05) is 18.2 Å². The van der Waals surface area contributed by atoms with E-state index < -0.39 is 0 Å². The lowest BCUT2D eigenvalue weighted by Crippen LogP contribution is -2.01. The largest absolute Gasteiger partial charge is 0.485 e. The first-order valence-electron chi connectivity index (χ1n) is 3.04. The minimum Gasteiger partial charge on any atom is -0.344 e. The van der Waals surface area contributed by atoms with Gasteiger partial charge in [0.05, 0.1) is 6.92 Å². The Labute approximate surface area is 65.6 Å². The molecular formula is C8H12NO2+. The van der Waals surface area contributed by atoms with Crippen LogP contribution >= 0.6 is 0 Å². The van der Waals surface area contributed by atoms with Gasteiger partial charge in [0.1, 0.15) is 0 Å². The van der Waals surface area contributed by atoms with Crippen molar-refractivity contribution < 1.29 is 9.53 Å². The SMILES string of the molecule is CC(=[OH+])Oc1ccccc1.N. The summed E-state index contributed by atoms with van der Waals surface area (Å²) in [6.07, 6.45) is 0. The zero-order chi connectivity index (χ0) is 7.40. The molecule has 4 N–H and O–H groups in total. The summed E-state index contributed by atoms with van der Waals surface area (Å²) in [5.41, 5.74) is 0. The highest BCUT2D eigenvalue weighted by atomic mass is 16.5. The van der Waals surface area contributed by atoms with Crippen molar-refractivity contribution in [1.29, 1.82) is 0 Å². The van der Waals surface area contributed by atoms with Crippen molar-refractivity contribution in [2.24, 2.45) is 0 Å². The summed E-state index contributed by atoms with van der Waals surface area (Å²) >= 11 is 0. The van der Waals surface area contributed by atoms with Gasteiger partial charge in [0.15, 0.2) is 0 Å². The molecule has 0 aromatic heterocycles. The average molecular weight is 154 g/mol. The van der Waals surface area contributed by atoms with Crippen molar-refractivity contribution in [3.05, 3.63) is 30.3 Å². The molecule has 0 fully saturated rings. The van der Waals surface area contributed by atoms with E-state index in [0.29, 0.717) is 5.75 Å². The molecule has 0 spiro atoms. The van der Waals surface area contributed by atoms with E-state index in [1.54, 1.807) is 12.1 Å². The van der Waals surface area contributed by atoms with Gasteiger partial charge in [0, 0.05) is 12.1 Å². The van der Waals surface area contributed by atoms with Crippen LogP contribution in [0.1, 0.15) is 6.92 Å². The van der Waals surface area contributed by atoms with Crippen LogP contribution in [0, 0.1) is 0 Å². The average Bonchev–Trinajstić information content (AvgIpc) is 1.88. The maximum Gasteiger partial charge on any atom is 0.485 e. The van der Waals surface area contributed by atoms with Gasteiger partial charge >= 0.3 is 5.97 Å². The molecule has 0 bridgehead atoms. The zero-order valence-electron chi connectivity index (χ0n) is 6.45. The van der Waals surface area contributed by atoms with Crippen molar-refractivity contribution >= 4 is 5.97 Å². The van der Waals surface area contributed by atoms with E-state index in [4.69, 9.17) is 9.53 Å². The first-order chi connectivity index (χ1) is 4.79. The molecule has 60 valence electrons. The summed E-state index contributed by atoms with van der Waals surface area (Å²) in [6, 6.07) is 9.13. The van der Waals surface area contributed by atoms with Crippen LogP contribution in [0.5, 0.6) is 5.75 Å². The third-order valence-electron chi connectivity index (χ3n) is 1.01. The maximum absolute atomic E-state index is 8.70. The molecule has 0 aliphatic carbocycles. The van der Waals surface area contributed by atoms with Crippen LogP contribution in [-0.2, 0) is 0 Å². The fraction of sp³-hybridized carbons (Fsp3) is 0.125. The predicted molar refractivity (Wildman–Crippen MR) is 44.7 cm³/mol. The highest BCUT2D eigenvalue weighted by Crippen LogP contribution is 2.07. The molecule has 1 aromatic rings. The number of benzene rings is 1. The molecule has 0 aliphatic rings. The van der Waals surface area contributed by atoms with Crippen LogP contribution in [-0.4, -0.2) is 10.8 Å². The third-order valence-corrected chi connectivity index (χ3v) is 1.01. The molecule has 0 heterocycles. The summed E-state index contributed by atoms with van der Waals surface area (Å²) in [7, 11) is 0. The summed E-state index contributed by atoms with van der Waals surface area (Å²) in [4.78, 5) is 8.70. The molecule has 1 rings (SSSR count). The Bertz CT molecular complexity index is 221. The molecule has 1 aromatic carbocycles. The van der Waals surface area contributed by atoms with Gasteiger partial charge in [-0.3, -0.25) is 4.74 Å². The molecular weight excluding hydrogens is 142 g/mol. The number of rotatable bonds is 1. The summed E-state index contributed by atoms with van der Waals surface area (Å²) in [5.74, 6) is 0.619. The van der Waals surface area contributed by atoms with Crippen LogP contribution in [0.25, 0.3) is 0 Å². The molecule has 11 heavy (non-hydrogen) atoms. The number of hydrogen-bond donors (Lipinski definition) is 1. The molecule has 0 unspecified atom stereocenters. The quantitative estimate of drug-likeness (QED) is 0.380. The van der Waals surface area contributed by atoms with Crippen LogP contribution in [0.2, 0.25) is 0 Å². The first kappa shape index (κ1) is 9.65. The van der Waals surface area contributed by atoms with Crippen molar-refractivity contribution in [2.75, 3.05) is 0 Å². The third kappa shape index (κ3) is 3.37. The second kappa shape index (κ2) is 4.46. The molecule has 0 atom stereocenters. The molecule has 0 aliphatic heterocycles. The maximum atomic E-state index is 8.70. The number of esters is 1. The Morgan fingerprint density at radius 2 is 1.82 bits per heavy atom. The van der Waals surface area contributed by atoms with Gasteiger partial charge in [-0.1, -0.05) is 18.2 Å².